The first-order valence-corrected chi connectivity index (χ1v) is 6.63. The average Bonchev–Trinajstić information content (AvgIpc) is 2.38. The highest BCUT2D eigenvalue weighted by atomic mass is 35.5. The van der Waals surface area contributed by atoms with E-state index < -0.39 is 0 Å². The zero-order valence-corrected chi connectivity index (χ0v) is 12.2. The van der Waals surface area contributed by atoms with Crippen LogP contribution in [0.4, 0.5) is 0 Å². The molecular weight excluding hydrogens is 262 g/mol. The Morgan fingerprint density at radius 1 is 1.37 bits per heavy atom. The lowest BCUT2D eigenvalue weighted by atomic mass is 10.1. The van der Waals surface area contributed by atoms with Gasteiger partial charge in [0.1, 0.15) is 0 Å². The Kier molecular flexibility index (Phi) is 7.46. The molecule has 19 heavy (non-hydrogen) atoms. The minimum Gasteiger partial charge on any atom is -0.379 e. The Balaban J connectivity index is 2.18. The summed E-state index contributed by atoms with van der Waals surface area (Å²) in [4.78, 5) is 2.09. The van der Waals surface area contributed by atoms with E-state index in [2.05, 4.69) is 16.3 Å². The molecule has 0 bridgehead atoms. The van der Waals surface area contributed by atoms with Gasteiger partial charge in [0.05, 0.1) is 24.8 Å². The van der Waals surface area contributed by atoms with Gasteiger partial charge in [0, 0.05) is 24.7 Å². The zero-order valence-electron chi connectivity index (χ0n) is 11.4. The van der Waals surface area contributed by atoms with Gasteiger partial charge in [-0.05, 0) is 31.8 Å². The Bertz CT molecular complexity index is 429. The zero-order chi connectivity index (χ0) is 14.1. The van der Waals surface area contributed by atoms with Crippen LogP contribution in [0.25, 0.3) is 0 Å². The van der Waals surface area contributed by atoms with Crippen LogP contribution in [0, 0.1) is 11.3 Å². The third-order valence-corrected chi connectivity index (χ3v) is 2.96. The minimum atomic E-state index is 0.584. The van der Waals surface area contributed by atoms with Crippen molar-refractivity contribution in [2.24, 2.45) is 0 Å². The number of rotatable bonds is 8. The summed E-state index contributed by atoms with van der Waals surface area (Å²) >= 11 is 6.08. The first-order chi connectivity index (χ1) is 9.13. The van der Waals surface area contributed by atoms with Crippen LogP contribution >= 0.6 is 11.6 Å². The average molecular weight is 282 g/mol. The minimum absolute atomic E-state index is 0.584. The first-order valence-electron chi connectivity index (χ1n) is 6.25. The van der Waals surface area contributed by atoms with Gasteiger partial charge in [-0.3, -0.25) is 0 Å². The van der Waals surface area contributed by atoms with E-state index in [1.54, 1.807) is 12.1 Å². The maximum absolute atomic E-state index is 8.74. The highest BCUT2D eigenvalue weighted by molar-refractivity contribution is 6.31. The van der Waals surface area contributed by atoms with Crippen LogP contribution in [0.1, 0.15) is 11.1 Å². The summed E-state index contributed by atoms with van der Waals surface area (Å²) < 4.78 is 5.47. The molecule has 4 nitrogen and oxygen atoms in total. The summed E-state index contributed by atoms with van der Waals surface area (Å²) in [7, 11) is 4.04. The van der Waals surface area contributed by atoms with Crippen molar-refractivity contribution in [1.82, 2.24) is 10.2 Å². The molecular formula is C14H20ClN3O. The van der Waals surface area contributed by atoms with E-state index >= 15 is 0 Å². The summed E-state index contributed by atoms with van der Waals surface area (Å²) in [5, 5.41) is 12.6. The predicted molar refractivity (Wildman–Crippen MR) is 77.2 cm³/mol. The van der Waals surface area contributed by atoms with Gasteiger partial charge in [-0.25, -0.2) is 0 Å². The second-order valence-corrected chi connectivity index (χ2v) is 4.92. The van der Waals surface area contributed by atoms with E-state index in [0.29, 0.717) is 23.7 Å². The molecule has 0 unspecified atom stereocenters. The number of nitrogens with one attached hydrogen (secondary N) is 1. The maximum Gasteiger partial charge on any atom is 0.0992 e. The van der Waals surface area contributed by atoms with Crippen LogP contribution in [0.2, 0.25) is 5.02 Å². The van der Waals surface area contributed by atoms with E-state index in [4.69, 9.17) is 21.6 Å². The van der Waals surface area contributed by atoms with Crippen molar-refractivity contribution in [3.05, 3.63) is 34.3 Å². The highest BCUT2D eigenvalue weighted by Crippen LogP contribution is 2.17. The van der Waals surface area contributed by atoms with Crippen LogP contribution in [-0.2, 0) is 11.3 Å². The molecule has 0 spiro atoms. The molecule has 5 heteroatoms. The molecule has 0 amide bonds. The molecule has 1 aromatic rings. The molecule has 1 aromatic carbocycles. The van der Waals surface area contributed by atoms with Gasteiger partial charge in [0.2, 0.25) is 0 Å². The quantitative estimate of drug-likeness (QED) is 0.739. The van der Waals surface area contributed by atoms with Gasteiger partial charge in [-0.15, -0.1) is 0 Å². The summed E-state index contributed by atoms with van der Waals surface area (Å²) in [5.41, 5.74) is 1.58. The molecule has 0 saturated carbocycles. The van der Waals surface area contributed by atoms with E-state index in [0.717, 1.165) is 25.3 Å². The van der Waals surface area contributed by atoms with Crippen molar-refractivity contribution in [3.8, 4) is 6.07 Å². The number of halogens is 1. The van der Waals surface area contributed by atoms with Gasteiger partial charge in [0.25, 0.3) is 0 Å². The molecule has 0 aliphatic heterocycles. The topological polar surface area (TPSA) is 48.3 Å². The molecule has 104 valence electrons. The highest BCUT2D eigenvalue weighted by Gasteiger charge is 2.01. The normalized spacial score (nSPS) is 10.7. The van der Waals surface area contributed by atoms with Crippen molar-refractivity contribution in [1.29, 1.82) is 5.26 Å². The fourth-order valence-corrected chi connectivity index (χ4v) is 1.72. The summed E-state index contributed by atoms with van der Waals surface area (Å²) in [6.07, 6.45) is 0. The number of likely N-dealkylation sites (N-methyl/N-ethyl adjacent to an activating group) is 1. The molecule has 0 fully saturated rings. The van der Waals surface area contributed by atoms with Crippen LogP contribution < -0.4 is 5.32 Å². The van der Waals surface area contributed by atoms with Crippen LogP contribution in [0.15, 0.2) is 18.2 Å². The number of nitrogens with zero attached hydrogens (tertiary/aromatic N) is 2. The van der Waals surface area contributed by atoms with Crippen molar-refractivity contribution in [2.75, 3.05) is 40.4 Å². The van der Waals surface area contributed by atoms with Gasteiger partial charge < -0.3 is 15.0 Å². The van der Waals surface area contributed by atoms with Crippen LogP contribution in [0.5, 0.6) is 0 Å². The Morgan fingerprint density at radius 3 is 2.79 bits per heavy atom. The lowest BCUT2D eigenvalue weighted by Crippen LogP contribution is -2.23. The molecule has 1 N–H and O–H groups in total. The third kappa shape index (κ3) is 6.55. The van der Waals surface area contributed by atoms with Crippen LogP contribution in [-0.4, -0.2) is 45.3 Å². The van der Waals surface area contributed by atoms with E-state index in [9.17, 15) is 0 Å². The smallest absolute Gasteiger partial charge is 0.0992 e. The SMILES string of the molecule is CN(C)CCOCCNCc1ccc(C#N)cc1Cl. The molecule has 0 saturated heterocycles. The number of hydrogen-bond donors (Lipinski definition) is 1. The Hall–Kier alpha value is -1.12. The molecule has 0 aromatic heterocycles. The fraction of sp³-hybridized carbons (Fsp3) is 0.500. The fourth-order valence-electron chi connectivity index (χ4n) is 1.48. The Morgan fingerprint density at radius 2 is 2.16 bits per heavy atom. The number of nitriles is 1. The van der Waals surface area contributed by atoms with E-state index in [1.165, 1.54) is 0 Å². The number of hydrogen-bond acceptors (Lipinski definition) is 4. The van der Waals surface area contributed by atoms with Crippen LogP contribution in [0.3, 0.4) is 0 Å². The maximum atomic E-state index is 8.74. The van der Waals surface area contributed by atoms with Gasteiger partial charge >= 0.3 is 0 Å². The predicted octanol–water partition coefficient (Wildman–Crippen LogP) is 1.88. The molecule has 0 radical (unpaired) electrons. The standard InChI is InChI=1S/C14H20ClN3O/c1-18(2)6-8-19-7-5-17-11-13-4-3-12(10-16)9-14(13)15/h3-4,9,17H,5-8,11H2,1-2H3. The van der Waals surface area contributed by atoms with Crippen molar-refractivity contribution in [3.63, 3.8) is 0 Å². The molecule has 0 aliphatic rings. The summed E-state index contributed by atoms with van der Waals surface area (Å²) in [6, 6.07) is 7.40. The van der Waals surface area contributed by atoms with Gasteiger partial charge in [-0.2, -0.15) is 5.26 Å². The molecule has 0 heterocycles. The lowest BCUT2D eigenvalue weighted by Gasteiger charge is -2.10. The third-order valence-electron chi connectivity index (χ3n) is 2.60. The lowest BCUT2D eigenvalue weighted by molar-refractivity contribution is 0.119. The van der Waals surface area contributed by atoms with E-state index in [1.807, 2.05) is 20.2 Å². The monoisotopic (exact) mass is 281 g/mol. The molecule has 0 atom stereocenters. The summed E-state index contributed by atoms with van der Waals surface area (Å²) in [5.74, 6) is 0. The van der Waals surface area contributed by atoms with Crippen molar-refractivity contribution < 1.29 is 4.74 Å². The van der Waals surface area contributed by atoms with E-state index in [-0.39, 0.29) is 0 Å². The number of ether oxygens (including phenoxy) is 1. The largest absolute Gasteiger partial charge is 0.379 e. The molecule has 1 rings (SSSR count). The van der Waals surface area contributed by atoms with Gasteiger partial charge in [-0.1, -0.05) is 17.7 Å². The second-order valence-electron chi connectivity index (χ2n) is 4.51. The number of benzene rings is 1. The Labute approximate surface area is 119 Å². The second kappa shape index (κ2) is 8.89. The summed E-state index contributed by atoms with van der Waals surface area (Å²) in [6.45, 7) is 3.82. The van der Waals surface area contributed by atoms with Crippen molar-refractivity contribution in [2.45, 2.75) is 6.54 Å². The van der Waals surface area contributed by atoms with Crippen molar-refractivity contribution >= 4 is 11.6 Å². The molecule has 0 aliphatic carbocycles. The van der Waals surface area contributed by atoms with Gasteiger partial charge in [0.15, 0.2) is 0 Å². The first kappa shape index (κ1) is 15.9.